The molecule has 1 aliphatic rings. The predicted octanol–water partition coefficient (Wildman–Crippen LogP) is 2.25. The third-order valence-corrected chi connectivity index (χ3v) is 4.33. The molecule has 1 amide bonds. The number of nitrogens with one attached hydrogen (secondary N) is 1. The molecule has 0 atom stereocenters. The summed E-state index contributed by atoms with van der Waals surface area (Å²) < 4.78 is 0. The van der Waals surface area contributed by atoms with Crippen LogP contribution in [0.2, 0.25) is 0 Å². The van der Waals surface area contributed by atoms with Crippen LogP contribution < -0.4 is 5.32 Å². The van der Waals surface area contributed by atoms with E-state index >= 15 is 0 Å². The lowest BCUT2D eigenvalue weighted by atomic mass is 10.1. The molecule has 1 aromatic heterocycles. The molecule has 0 saturated heterocycles. The largest absolute Gasteiger partial charge is 0.353 e. The summed E-state index contributed by atoms with van der Waals surface area (Å²) in [6, 6.07) is 2.57. The first-order valence-corrected chi connectivity index (χ1v) is 7.31. The monoisotopic (exact) mass is 275 g/mol. The molecule has 100 valence electrons. The van der Waals surface area contributed by atoms with Gasteiger partial charge < -0.3 is 5.32 Å². The number of nitriles is 1. The van der Waals surface area contributed by atoms with E-state index in [1.165, 1.54) is 11.8 Å². The second-order valence-electron chi connectivity index (χ2n) is 4.87. The van der Waals surface area contributed by atoms with Crippen molar-refractivity contribution in [3.63, 3.8) is 0 Å². The maximum atomic E-state index is 11.7. The first kappa shape index (κ1) is 13.9. The molecule has 1 fully saturated rings. The van der Waals surface area contributed by atoms with Crippen molar-refractivity contribution in [1.29, 1.82) is 5.26 Å². The zero-order valence-electron chi connectivity index (χ0n) is 11.4. The summed E-state index contributed by atoms with van der Waals surface area (Å²) in [4.78, 5) is 16.1. The first-order chi connectivity index (χ1) is 9.02. The van der Waals surface area contributed by atoms with Crippen LogP contribution >= 0.6 is 11.8 Å². The molecule has 1 aromatic rings. The molecule has 1 aliphatic carbocycles. The van der Waals surface area contributed by atoms with Crippen LogP contribution in [0.1, 0.15) is 35.2 Å². The van der Waals surface area contributed by atoms with E-state index < -0.39 is 0 Å². The van der Waals surface area contributed by atoms with Crippen molar-refractivity contribution in [1.82, 2.24) is 10.3 Å². The van der Waals surface area contributed by atoms with Crippen molar-refractivity contribution in [2.24, 2.45) is 0 Å². The Morgan fingerprint density at radius 1 is 1.42 bits per heavy atom. The second-order valence-corrected chi connectivity index (χ2v) is 5.83. The number of aromatic nitrogens is 1. The van der Waals surface area contributed by atoms with Gasteiger partial charge in [0.05, 0.1) is 11.3 Å². The molecule has 0 aliphatic heterocycles. The fourth-order valence-corrected chi connectivity index (χ4v) is 2.67. The Bertz CT molecular complexity index is 559. The van der Waals surface area contributed by atoms with Crippen molar-refractivity contribution in [2.75, 3.05) is 5.75 Å². The van der Waals surface area contributed by atoms with Crippen LogP contribution in [0, 0.1) is 32.1 Å². The summed E-state index contributed by atoms with van der Waals surface area (Å²) in [6.07, 6.45) is 2.17. The normalized spacial score (nSPS) is 14.0. The fourth-order valence-electron chi connectivity index (χ4n) is 1.78. The first-order valence-electron chi connectivity index (χ1n) is 6.33. The van der Waals surface area contributed by atoms with Crippen molar-refractivity contribution in [3.05, 3.63) is 22.4 Å². The number of carbonyl (C=O) groups is 1. The molecular formula is C14H17N3OS. The maximum Gasteiger partial charge on any atom is 0.230 e. The summed E-state index contributed by atoms with van der Waals surface area (Å²) in [6.45, 7) is 5.82. The summed E-state index contributed by atoms with van der Waals surface area (Å²) >= 11 is 1.34. The molecule has 0 spiro atoms. The van der Waals surface area contributed by atoms with Gasteiger partial charge in [0.25, 0.3) is 0 Å². The summed E-state index contributed by atoms with van der Waals surface area (Å²) in [5.41, 5.74) is 3.51. The quantitative estimate of drug-likeness (QED) is 0.856. The highest BCUT2D eigenvalue weighted by Gasteiger charge is 2.23. The Hall–Kier alpha value is -1.54. The Balaban J connectivity index is 2.11. The number of hydrogen-bond donors (Lipinski definition) is 1. The molecule has 0 aromatic carbocycles. The molecule has 1 saturated carbocycles. The molecule has 0 bridgehead atoms. The zero-order valence-corrected chi connectivity index (χ0v) is 12.2. The second kappa shape index (κ2) is 5.62. The third kappa shape index (κ3) is 3.27. The van der Waals surface area contributed by atoms with Crippen LogP contribution in [0.3, 0.4) is 0 Å². The topological polar surface area (TPSA) is 65.8 Å². The van der Waals surface area contributed by atoms with Gasteiger partial charge in [0.2, 0.25) is 5.91 Å². The van der Waals surface area contributed by atoms with Gasteiger partial charge in [-0.3, -0.25) is 4.79 Å². The van der Waals surface area contributed by atoms with Crippen LogP contribution in [-0.4, -0.2) is 22.7 Å². The summed E-state index contributed by atoms with van der Waals surface area (Å²) in [7, 11) is 0. The van der Waals surface area contributed by atoms with Crippen LogP contribution in [0.5, 0.6) is 0 Å². The van der Waals surface area contributed by atoms with Gasteiger partial charge in [-0.05, 0) is 44.7 Å². The summed E-state index contributed by atoms with van der Waals surface area (Å²) in [5.74, 6) is 0.342. The molecule has 5 heteroatoms. The van der Waals surface area contributed by atoms with Gasteiger partial charge in [0.1, 0.15) is 11.1 Å². The molecule has 1 heterocycles. The van der Waals surface area contributed by atoms with Crippen molar-refractivity contribution >= 4 is 17.7 Å². The lowest BCUT2D eigenvalue weighted by Gasteiger charge is -2.11. The van der Waals surface area contributed by atoms with E-state index in [1.807, 2.05) is 20.8 Å². The minimum Gasteiger partial charge on any atom is -0.353 e. The molecular weight excluding hydrogens is 258 g/mol. The predicted molar refractivity (Wildman–Crippen MR) is 75.1 cm³/mol. The number of nitrogens with zero attached hydrogens (tertiary/aromatic N) is 2. The van der Waals surface area contributed by atoms with E-state index in [4.69, 9.17) is 0 Å². The molecule has 4 nitrogen and oxygen atoms in total. The van der Waals surface area contributed by atoms with E-state index in [1.54, 1.807) is 0 Å². The van der Waals surface area contributed by atoms with Crippen molar-refractivity contribution in [3.8, 4) is 6.07 Å². The van der Waals surface area contributed by atoms with E-state index in [-0.39, 0.29) is 5.91 Å². The average Bonchev–Trinajstić information content (AvgIpc) is 3.17. The average molecular weight is 275 g/mol. The minimum atomic E-state index is 0.0223. The number of aryl methyl sites for hydroxylation is 1. The Labute approximate surface area is 117 Å². The van der Waals surface area contributed by atoms with E-state index in [2.05, 4.69) is 16.4 Å². The Morgan fingerprint density at radius 3 is 2.68 bits per heavy atom. The summed E-state index contributed by atoms with van der Waals surface area (Å²) in [5, 5.41) is 12.8. The Morgan fingerprint density at radius 2 is 2.11 bits per heavy atom. The van der Waals surface area contributed by atoms with Crippen LogP contribution in [-0.2, 0) is 4.79 Å². The number of hydrogen-bond acceptors (Lipinski definition) is 4. The van der Waals surface area contributed by atoms with Gasteiger partial charge in [-0.1, -0.05) is 11.8 Å². The van der Waals surface area contributed by atoms with Crippen LogP contribution in [0.15, 0.2) is 5.03 Å². The standard InChI is InChI=1S/C14H17N3OS/c1-8-9(2)12(6-15)14(16-10(8)3)19-7-13(18)17-11-4-5-11/h11H,4-5,7H2,1-3H3,(H,17,18). The molecule has 0 unspecified atom stereocenters. The van der Waals surface area contributed by atoms with Gasteiger partial charge in [-0.15, -0.1) is 0 Å². The van der Waals surface area contributed by atoms with Gasteiger partial charge in [-0.2, -0.15) is 5.26 Å². The maximum absolute atomic E-state index is 11.7. The highest BCUT2D eigenvalue weighted by Crippen LogP contribution is 2.26. The Kier molecular flexibility index (Phi) is 4.11. The van der Waals surface area contributed by atoms with Gasteiger partial charge in [0, 0.05) is 11.7 Å². The van der Waals surface area contributed by atoms with E-state index in [0.717, 1.165) is 29.7 Å². The van der Waals surface area contributed by atoms with Crippen molar-refractivity contribution < 1.29 is 4.79 Å². The number of amides is 1. The minimum absolute atomic E-state index is 0.0223. The van der Waals surface area contributed by atoms with Crippen LogP contribution in [0.25, 0.3) is 0 Å². The number of carbonyl (C=O) groups excluding carboxylic acids is 1. The molecule has 0 radical (unpaired) electrons. The van der Waals surface area contributed by atoms with Crippen LogP contribution in [0.4, 0.5) is 0 Å². The van der Waals surface area contributed by atoms with Gasteiger partial charge in [-0.25, -0.2) is 4.98 Å². The zero-order chi connectivity index (χ0) is 14.0. The highest BCUT2D eigenvalue weighted by atomic mass is 32.2. The number of thioether (sulfide) groups is 1. The van der Waals surface area contributed by atoms with Crippen molar-refractivity contribution in [2.45, 2.75) is 44.7 Å². The fraction of sp³-hybridized carbons (Fsp3) is 0.500. The molecule has 19 heavy (non-hydrogen) atoms. The smallest absolute Gasteiger partial charge is 0.230 e. The van der Waals surface area contributed by atoms with Gasteiger partial charge in [0.15, 0.2) is 0 Å². The molecule has 1 N–H and O–H groups in total. The third-order valence-electron chi connectivity index (χ3n) is 3.36. The van der Waals surface area contributed by atoms with E-state index in [9.17, 15) is 10.1 Å². The lowest BCUT2D eigenvalue weighted by Crippen LogP contribution is -2.27. The lowest BCUT2D eigenvalue weighted by molar-refractivity contribution is -0.118. The van der Waals surface area contributed by atoms with Gasteiger partial charge >= 0.3 is 0 Å². The highest BCUT2D eigenvalue weighted by molar-refractivity contribution is 8.00. The number of pyridine rings is 1. The van der Waals surface area contributed by atoms with E-state index in [0.29, 0.717) is 22.4 Å². The molecule has 2 rings (SSSR count). The number of rotatable bonds is 4. The SMILES string of the molecule is Cc1nc(SCC(=O)NC2CC2)c(C#N)c(C)c1C.